The monoisotopic (exact) mass is 446 g/mol. The standard InChI is InChI=1S/C23H25F3N4O2/c1-13(14-3-4-18(31)7-14)32-20-9-15(8-19-21(20)22(24)29(2)28-19)16-11-27-30(12-16)17-5-6-23(25,26)10-17/h8-9,11-14,17H,3-7,10H2,1-2H3/t13-,14+,17?/m1/s1. The Morgan fingerprint density at radius 1 is 1.25 bits per heavy atom. The van der Waals surface area contributed by atoms with Crippen LogP contribution in [0.1, 0.15) is 51.5 Å². The molecule has 32 heavy (non-hydrogen) atoms. The van der Waals surface area contributed by atoms with E-state index in [9.17, 15) is 18.0 Å². The van der Waals surface area contributed by atoms with Gasteiger partial charge in [0.1, 0.15) is 11.5 Å². The highest BCUT2D eigenvalue weighted by molar-refractivity contribution is 5.90. The van der Waals surface area contributed by atoms with Gasteiger partial charge < -0.3 is 4.74 Å². The Kier molecular flexibility index (Phi) is 5.02. The van der Waals surface area contributed by atoms with Crippen molar-refractivity contribution >= 4 is 16.7 Å². The summed E-state index contributed by atoms with van der Waals surface area (Å²) in [5.74, 6) is -2.48. The summed E-state index contributed by atoms with van der Waals surface area (Å²) >= 11 is 0. The Hall–Kier alpha value is -2.84. The molecule has 2 aliphatic rings. The number of hydrogen-bond donors (Lipinski definition) is 0. The van der Waals surface area contributed by atoms with E-state index in [1.54, 1.807) is 29.2 Å². The van der Waals surface area contributed by atoms with Gasteiger partial charge in [-0.25, -0.2) is 13.5 Å². The lowest BCUT2D eigenvalue weighted by atomic mass is 10.0. The molecule has 2 aliphatic carbocycles. The van der Waals surface area contributed by atoms with E-state index in [0.717, 1.165) is 22.2 Å². The number of benzene rings is 1. The minimum Gasteiger partial charge on any atom is -0.490 e. The van der Waals surface area contributed by atoms with Gasteiger partial charge in [-0.2, -0.15) is 14.6 Å². The van der Waals surface area contributed by atoms with Gasteiger partial charge in [0.05, 0.1) is 29.2 Å². The number of rotatable bonds is 5. The van der Waals surface area contributed by atoms with Crippen molar-refractivity contribution in [2.75, 3.05) is 0 Å². The van der Waals surface area contributed by atoms with Crippen molar-refractivity contribution < 1.29 is 22.7 Å². The molecule has 2 saturated carbocycles. The van der Waals surface area contributed by atoms with Crippen molar-refractivity contribution in [1.29, 1.82) is 0 Å². The van der Waals surface area contributed by atoms with Crippen LogP contribution < -0.4 is 4.74 Å². The normalized spacial score (nSPS) is 23.8. The third kappa shape index (κ3) is 3.78. The first kappa shape index (κ1) is 21.0. The molecule has 0 radical (unpaired) electrons. The third-order valence-corrected chi connectivity index (χ3v) is 6.78. The zero-order chi connectivity index (χ0) is 22.6. The molecule has 9 heteroatoms. The summed E-state index contributed by atoms with van der Waals surface area (Å²) in [6.07, 6.45) is 4.92. The quantitative estimate of drug-likeness (QED) is 0.549. The fourth-order valence-electron chi connectivity index (χ4n) is 4.89. The predicted octanol–water partition coefficient (Wildman–Crippen LogP) is 5.07. The van der Waals surface area contributed by atoms with E-state index in [4.69, 9.17) is 4.74 Å². The highest BCUT2D eigenvalue weighted by Crippen LogP contribution is 2.42. The van der Waals surface area contributed by atoms with E-state index in [2.05, 4.69) is 10.2 Å². The van der Waals surface area contributed by atoms with Crippen molar-refractivity contribution in [3.63, 3.8) is 0 Å². The van der Waals surface area contributed by atoms with E-state index in [1.807, 2.05) is 6.92 Å². The summed E-state index contributed by atoms with van der Waals surface area (Å²) in [5.41, 5.74) is 1.88. The average molecular weight is 446 g/mol. The van der Waals surface area contributed by atoms with Gasteiger partial charge in [0.15, 0.2) is 0 Å². The number of aryl methyl sites for hydroxylation is 1. The molecule has 2 aromatic heterocycles. The summed E-state index contributed by atoms with van der Waals surface area (Å²) in [7, 11) is 1.52. The Bertz CT molecular complexity index is 1190. The van der Waals surface area contributed by atoms with Crippen LogP contribution in [-0.4, -0.2) is 37.4 Å². The average Bonchev–Trinajstić information content (AvgIpc) is 3.50. The smallest absolute Gasteiger partial charge is 0.250 e. The second-order valence-electron chi connectivity index (χ2n) is 9.11. The second-order valence-corrected chi connectivity index (χ2v) is 9.11. The number of carbonyl (C=O) groups is 1. The van der Waals surface area contributed by atoms with Crippen molar-refractivity contribution in [2.24, 2.45) is 13.0 Å². The lowest BCUT2D eigenvalue weighted by Crippen LogP contribution is -2.22. The van der Waals surface area contributed by atoms with Crippen molar-refractivity contribution in [1.82, 2.24) is 19.6 Å². The molecule has 0 aliphatic heterocycles. The first-order valence-electron chi connectivity index (χ1n) is 11.0. The van der Waals surface area contributed by atoms with Gasteiger partial charge in [-0.3, -0.25) is 9.48 Å². The molecule has 1 unspecified atom stereocenters. The Balaban J connectivity index is 1.49. The SMILES string of the molecule is C[C@@H](Oc1cc(-c2cnn(C3CCC(F)(F)C3)c2)cc2nn(C)c(F)c12)[C@H]1CCC(=O)C1. The maximum Gasteiger partial charge on any atom is 0.250 e. The second kappa shape index (κ2) is 7.64. The third-order valence-electron chi connectivity index (χ3n) is 6.78. The molecule has 1 aromatic carbocycles. The van der Waals surface area contributed by atoms with Crippen molar-refractivity contribution in [3.05, 3.63) is 30.5 Å². The number of aromatic nitrogens is 4. The Morgan fingerprint density at radius 2 is 2.06 bits per heavy atom. The minimum atomic E-state index is -2.65. The van der Waals surface area contributed by atoms with Gasteiger partial charge in [0.2, 0.25) is 11.9 Å². The van der Waals surface area contributed by atoms with Crippen LogP contribution in [0.25, 0.3) is 22.0 Å². The highest BCUT2D eigenvalue weighted by atomic mass is 19.3. The maximum absolute atomic E-state index is 14.8. The minimum absolute atomic E-state index is 0.0905. The van der Waals surface area contributed by atoms with E-state index in [-0.39, 0.29) is 42.1 Å². The molecule has 0 saturated heterocycles. The van der Waals surface area contributed by atoms with Crippen LogP contribution in [0, 0.1) is 11.9 Å². The summed E-state index contributed by atoms with van der Waals surface area (Å²) in [6, 6.07) is 3.15. The van der Waals surface area contributed by atoms with Gasteiger partial charge in [0.25, 0.3) is 0 Å². The molecule has 170 valence electrons. The molecule has 2 heterocycles. The van der Waals surface area contributed by atoms with Gasteiger partial charge in [0, 0.05) is 50.4 Å². The first-order chi connectivity index (χ1) is 15.2. The number of Topliss-reactive ketones (excluding diaryl/α,β-unsaturated/α-hetero) is 1. The number of fused-ring (bicyclic) bond motifs is 1. The zero-order valence-electron chi connectivity index (χ0n) is 18.0. The molecular formula is C23H25F3N4O2. The number of halogens is 3. The van der Waals surface area contributed by atoms with Gasteiger partial charge in [-0.15, -0.1) is 0 Å². The molecular weight excluding hydrogens is 421 g/mol. The Labute approximate surface area is 183 Å². The number of nitrogens with zero attached hydrogens (tertiary/aromatic N) is 4. The molecule has 0 amide bonds. The summed E-state index contributed by atoms with van der Waals surface area (Å²) in [4.78, 5) is 11.7. The summed E-state index contributed by atoms with van der Waals surface area (Å²) in [5, 5.41) is 8.86. The molecule has 3 aromatic rings. The molecule has 3 atom stereocenters. The first-order valence-corrected chi connectivity index (χ1v) is 11.0. The predicted molar refractivity (Wildman–Crippen MR) is 112 cm³/mol. The fourth-order valence-corrected chi connectivity index (χ4v) is 4.89. The maximum atomic E-state index is 14.8. The highest BCUT2D eigenvalue weighted by Gasteiger charge is 2.40. The van der Waals surface area contributed by atoms with Gasteiger partial charge in [-0.05, 0) is 37.5 Å². The van der Waals surface area contributed by atoms with E-state index in [1.165, 1.54) is 7.05 Å². The van der Waals surface area contributed by atoms with Crippen molar-refractivity contribution in [3.8, 4) is 16.9 Å². The fraction of sp³-hybridized carbons (Fsp3) is 0.522. The van der Waals surface area contributed by atoms with Gasteiger partial charge in [-0.1, -0.05) is 0 Å². The van der Waals surface area contributed by atoms with E-state index >= 15 is 0 Å². The lowest BCUT2D eigenvalue weighted by molar-refractivity contribution is -0.117. The molecule has 5 rings (SSSR count). The molecule has 6 nitrogen and oxygen atoms in total. The molecule has 0 bridgehead atoms. The van der Waals surface area contributed by atoms with E-state index < -0.39 is 11.9 Å². The van der Waals surface area contributed by atoms with Crippen LogP contribution in [-0.2, 0) is 11.8 Å². The number of hydrogen-bond acceptors (Lipinski definition) is 4. The molecule has 2 fully saturated rings. The van der Waals surface area contributed by atoms with Crippen LogP contribution in [0.5, 0.6) is 5.75 Å². The number of alkyl halides is 2. The van der Waals surface area contributed by atoms with Gasteiger partial charge >= 0.3 is 0 Å². The topological polar surface area (TPSA) is 61.9 Å². The van der Waals surface area contributed by atoms with Crippen LogP contribution in [0.3, 0.4) is 0 Å². The largest absolute Gasteiger partial charge is 0.490 e. The summed E-state index contributed by atoms with van der Waals surface area (Å²) < 4.78 is 51.0. The Morgan fingerprint density at radius 3 is 2.75 bits per heavy atom. The molecule has 0 N–H and O–H groups in total. The van der Waals surface area contributed by atoms with E-state index in [0.29, 0.717) is 30.5 Å². The van der Waals surface area contributed by atoms with Crippen LogP contribution >= 0.6 is 0 Å². The zero-order valence-corrected chi connectivity index (χ0v) is 18.0. The lowest BCUT2D eigenvalue weighted by Gasteiger charge is -2.21. The van der Waals surface area contributed by atoms with Crippen molar-refractivity contribution in [2.45, 2.75) is 63.5 Å². The van der Waals surface area contributed by atoms with Crippen LogP contribution in [0.15, 0.2) is 24.5 Å². The number of ketones is 1. The number of ether oxygens (including phenoxy) is 1. The summed E-state index contributed by atoms with van der Waals surface area (Å²) in [6.45, 7) is 1.90. The van der Waals surface area contributed by atoms with Crippen LogP contribution in [0.4, 0.5) is 13.2 Å². The molecule has 0 spiro atoms. The number of carbonyl (C=O) groups excluding carboxylic acids is 1. The van der Waals surface area contributed by atoms with Crippen LogP contribution in [0.2, 0.25) is 0 Å².